The first-order valence-corrected chi connectivity index (χ1v) is 11.4. The molecule has 29 heavy (non-hydrogen) atoms. The molecule has 2 rings (SSSR count). The average molecular weight is 484 g/mol. The number of methoxy groups -OCH3 is 1. The zero-order valence-electron chi connectivity index (χ0n) is 16.5. The Morgan fingerprint density at radius 2 is 1.86 bits per heavy atom. The number of sulfonamides is 1. The molecule has 0 heterocycles. The molecule has 0 bridgehead atoms. The Morgan fingerprint density at radius 1 is 1.14 bits per heavy atom. The molecule has 0 radical (unpaired) electrons. The van der Waals surface area contributed by atoms with Crippen LogP contribution in [-0.2, 0) is 21.3 Å². The summed E-state index contributed by atoms with van der Waals surface area (Å²) in [4.78, 5) is 14.7. The minimum atomic E-state index is -3.71. The molecule has 2 aromatic carbocycles. The number of carbonyl (C=O) groups excluding carboxylic acids is 1. The van der Waals surface area contributed by atoms with E-state index >= 15 is 0 Å². The Labute approximate surface area is 180 Å². The molecule has 1 amide bonds. The Bertz CT molecular complexity index is 907. The normalized spacial score (nSPS) is 11.6. The molecule has 0 saturated carbocycles. The van der Waals surface area contributed by atoms with Crippen LogP contribution in [0.25, 0.3) is 0 Å². The largest absolute Gasteiger partial charge is 0.383 e. The summed E-state index contributed by atoms with van der Waals surface area (Å²) in [7, 11) is -0.239. The molecule has 0 saturated heterocycles. The van der Waals surface area contributed by atoms with Gasteiger partial charge in [0.1, 0.15) is 0 Å². The predicted molar refractivity (Wildman–Crippen MR) is 116 cm³/mol. The van der Waals surface area contributed by atoms with Gasteiger partial charge in [-0.2, -0.15) is 0 Å². The van der Waals surface area contributed by atoms with Crippen molar-refractivity contribution in [2.75, 3.05) is 40.4 Å². The molecule has 158 valence electrons. The van der Waals surface area contributed by atoms with Crippen LogP contribution in [0.3, 0.4) is 0 Å². The Kier molecular flexibility index (Phi) is 9.25. The fraction of sp³-hybridized carbons (Fsp3) is 0.350. The van der Waals surface area contributed by atoms with Crippen molar-refractivity contribution in [3.05, 3.63) is 64.1 Å². The fourth-order valence-corrected chi connectivity index (χ4v) is 4.10. The van der Waals surface area contributed by atoms with Gasteiger partial charge in [-0.25, -0.2) is 13.1 Å². The maximum Gasteiger partial charge on any atom is 0.252 e. The van der Waals surface area contributed by atoms with Gasteiger partial charge in [0.25, 0.3) is 5.91 Å². The van der Waals surface area contributed by atoms with Gasteiger partial charge < -0.3 is 15.0 Å². The molecule has 2 aromatic rings. The number of benzene rings is 2. The van der Waals surface area contributed by atoms with Gasteiger partial charge >= 0.3 is 0 Å². The number of rotatable bonds is 11. The highest BCUT2D eigenvalue weighted by atomic mass is 79.9. The molecular weight excluding hydrogens is 458 g/mol. The third-order valence-electron chi connectivity index (χ3n) is 4.17. The van der Waals surface area contributed by atoms with Crippen LogP contribution in [0, 0.1) is 0 Å². The van der Waals surface area contributed by atoms with Crippen LogP contribution in [0.1, 0.15) is 15.9 Å². The molecule has 0 aliphatic heterocycles. The molecular formula is C20H26BrN3O4S. The van der Waals surface area contributed by atoms with E-state index < -0.39 is 10.0 Å². The number of halogens is 1. The minimum absolute atomic E-state index is 0.0307. The lowest BCUT2D eigenvalue weighted by atomic mass is 10.2. The van der Waals surface area contributed by atoms with Gasteiger partial charge in [-0.05, 0) is 46.7 Å². The first-order valence-electron chi connectivity index (χ1n) is 9.12. The van der Waals surface area contributed by atoms with E-state index in [0.717, 1.165) is 6.54 Å². The van der Waals surface area contributed by atoms with Crippen LogP contribution in [0.5, 0.6) is 0 Å². The molecule has 0 fully saturated rings. The minimum Gasteiger partial charge on any atom is -0.383 e. The van der Waals surface area contributed by atoms with Gasteiger partial charge in [-0.3, -0.25) is 4.79 Å². The van der Waals surface area contributed by atoms with Crippen LogP contribution >= 0.6 is 15.9 Å². The summed E-state index contributed by atoms with van der Waals surface area (Å²) in [5.74, 6) is -0.334. The van der Waals surface area contributed by atoms with E-state index in [-0.39, 0.29) is 29.5 Å². The second-order valence-electron chi connectivity index (χ2n) is 6.51. The van der Waals surface area contributed by atoms with Gasteiger partial charge in [0.2, 0.25) is 10.0 Å². The van der Waals surface area contributed by atoms with Crippen molar-refractivity contribution >= 4 is 31.9 Å². The Morgan fingerprint density at radius 3 is 2.55 bits per heavy atom. The molecule has 7 nitrogen and oxygen atoms in total. The number of nitrogens with zero attached hydrogens (tertiary/aromatic N) is 1. The van der Waals surface area contributed by atoms with Gasteiger partial charge in [0.05, 0.1) is 17.1 Å². The van der Waals surface area contributed by atoms with Gasteiger partial charge in [-0.15, -0.1) is 0 Å². The number of nitrogens with one attached hydrogen (secondary N) is 2. The van der Waals surface area contributed by atoms with Crippen molar-refractivity contribution in [1.29, 1.82) is 0 Å². The van der Waals surface area contributed by atoms with Crippen LogP contribution in [-0.4, -0.2) is 59.6 Å². The zero-order chi connectivity index (χ0) is 21.3. The number of carbonyl (C=O) groups is 1. The van der Waals surface area contributed by atoms with Gasteiger partial charge in [0, 0.05) is 37.8 Å². The summed E-state index contributed by atoms with van der Waals surface area (Å²) in [6.45, 7) is 2.30. The van der Waals surface area contributed by atoms with E-state index in [0.29, 0.717) is 17.6 Å². The van der Waals surface area contributed by atoms with E-state index in [1.165, 1.54) is 24.8 Å². The van der Waals surface area contributed by atoms with E-state index in [2.05, 4.69) is 43.0 Å². The number of likely N-dealkylation sites (N-methyl/N-ethyl adjacent to an activating group) is 1. The third-order valence-corrected chi connectivity index (χ3v) is 6.32. The summed E-state index contributed by atoms with van der Waals surface area (Å²) in [5, 5.41) is 2.84. The first kappa shape index (κ1) is 23.5. The molecule has 0 unspecified atom stereocenters. The smallest absolute Gasteiger partial charge is 0.252 e. The second-order valence-corrected chi connectivity index (χ2v) is 9.13. The predicted octanol–water partition coefficient (Wildman–Crippen LogP) is 2.24. The Balaban J connectivity index is 1.94. The molecule has 0 aliphatic carbocycles. The highest BCUT2D eigenvalue weighted by Crippen LogP contribution is 2.21. The van der Waals surface area contributed by atoms with Gasteiger partial charge in [0.15, 0.2) is 0 Å². The van der Waals surface area contributed by atoms with E-state index in [1.54, 1.807) is 6.07 Å². The third kappa shape index (κ3) is 7.52. The maximum atomic E-state index is 12.5. The van der Waals surface area contributed by atoms with E-state index in [4.69, 9.17) is 4.74 Å². The monoisotopic (exact) mass is 483 g/mol. The van der Waals surface area contributed by atoms with Gasteiger partial charge in [-0.1, -0.05) is 30.3 Å². The van der Waals surface area contributed by atoms with Crippen molar-refractivity contribution < 1.29 is 17.9 Å². The van der Waals surface area contributed by atoms with Crippen molar-refractivity contribution in [2.45, 2.75) is 11.4 Å². The van der Waals surface area contributed by atoms with Crippen molar-refractivity contribution in [3.63, 3.8) is 0 Å². The molecule has 0 atom stereocenters. The number of amides is 1. The number of hydrogen-bond donors (Lipinski definition) is 2. The average Bonchev–Trinajstić information content (AvgIpc) is 2.69. The highest BCUT2D eigenvalue weighted by molar-refractivity contribution is 9.10. The zero-order valence-corrected chi connectivity index (χ0v) is 18.9. The summed E-state index contributed by atoms with van der Waals surface area (Å²) in [6.07, 6.45) is 0. The maximum absolute atomic E-state index is 12.5. The van der Waals surface area contributed by atoms with Crippen molar-refractivity contribution in [2.24, 2.45) is 0 Å². The van der Waals surface area contributed by atoms with E-state index in [9.17, 15) is 13.2 Å². The topological polar surface area (TPSA) is 87.7 Å². The fourth-order valence-electron chi connectivity index (χ4n) is 2.64. The Hall–Kier alpha value is -1.78. The molecule has 0 aliphatic rings. The molecule has 0 aromatic heterocycles. The lowest BCUT2D eigenvalue weighted by Crippen LogP contribution is -2.33. The van der Waals surface area contributed by atoms with Crippen molar-refractivity contribution in [3.8, 4) is 0 Å². The lowest BCUT2D eigenvalue weighted by molar-refractivity contribution is 0.0948. The SMILES string of the molecule is COCCNS(=O)(=O)c1ccc(Br)c(C(=O)NCCN(C)Cc2ccccc2)c1. The summed E-state index contributed by atoms with van der Waals surface area (Å²) in [5.41, 5.74) is 1.47. The highest BCUT2D eigenvalue weighted by Gasteiger charge is 2.18. The van der Waals surface area contributed by atoms with Crippen molar-refractivity contribution in [1.82, 2.24) is 14.9 Å². The first-order chi connectivity index (χ1) is 13.8. The number of ether oxygens (including phenoxy) is 1. The van der Waals surface area contributed by atoms with Crippen LogP contribution in [0.2, 0.25) is 0 Å². The van der Waals surface area contributed by atoms with Crippen LogP contribution in [0.4, 0.5) is 0 Å². The molecule has 0 spiro atoms. The molecule has 2 N–H and O–H groups in total. The van der Waals surface area contributed by atoms with Crippen LogP contribution in [0.15, 0.2) is 57.9 Å². The summed E-state index contributed by atoms with van der Waals surface area (Å²) in [6, 6.07) is 14.4. The van der Waals surface area contributed by atoms with E-state index in [1.807, 2.05) is 25.2 Å². The van der Waals surface area contributed by atoms with Crippen LogP contribution < -0.4 is 10.0 Å². The quantitative estimate of drug-likeness (QED) is 0.478. The standard InChI is InChI=1S/C20H26BrN3O4S/c1-24(15-16-6-4-3-5-7-16)12-10-22-20(25)18-14-17(8-9-19(18)21)29(26,27)23-11-13-28-2/h3-9,14,23H,10-13,15H2,1-2H3,(H,22,25). The summed E-state index contributed by atoms with van der Waals surface area (Å²) < 4.78 is 32.5. The summed E-state index contributed by atoms with van der Waals surface area (Å²) >= 11 is 3.32. The molecule has 9 heteroatoms. The number of hydrogen-bond acceptors (Lipinski definition) is 5. The second kappa shape index (κ2) is 11.4. The lowest BCUT2D eigenvalue weighted by Gasteiger charge is -2.17.